The second-order valence-corrected chi connectivity index (χ2v) is 5.06. The Morgan fingerprint density at radius 1 is 1.09 bits per heavy atom. The molecule has 132 valence electrons. The summed E-state index contributed by atoms with van der Waals surface area (Å²) in [6.45, 7) is 3.77. The molecule has 0 aromatic carbocycles. The molecule has 0 aromatic heterocycles. The van der Waals surface area contributed by atoms with Crippen molar-refractivity contribution in [2.24, 2.45) is 0 Å². The Kier molecular flexibility index (Phi) is 10.3. The number of amides is 3. The Hall–Kier alpha value is -2.20. The summed E-state index contributed by atoms with van der Waals surface area (Å²) in [7, 11) is 0. The highest BCUT2D eigenvalue weighted by Crippen LogP contribution is 2.00. The summed E-state index contributed by atoms with van der Waals surface area (Å²) in [5.41, 5.74) is 0. The molecular formula is C13H24N4O6. The molecule has 0 aliphatic carbocycles. The first kappa shape index (κ1) is 20.8. The number of imide groups is 1. The van der Waals surface area contributed by atoms with Crippen molar-refractivity contribution in [2.75, 3.05) is 6.54 Å². The van der Waals surface area contributed by atoms with Gasteiger partial charge in [-0.2, -0.15) is 0 Å². The SMILES string of the molecule is CC(C=O)NCCCCC(NC(=O)O)N[C@@H](C)C(=O)NC(=O)O. The van der Waals surface area contributed by atoms with Crippen molar-refractivity contribution in [1.82, 2.24) is 21.3 Å². The van der Waals surface area contributed by atoms with Gasteiger partial charge in [0.1, 0.15) is 6.29 Å². The molecule has 3 amide bonds. The van der Waals surface area contributed by atoms with E-state index < -0.39 is 30.3 Å². The van der Waals surface area contributed by atoms with E-state index >= 15 is 0 Å². The van der Waals surface area contributed by atoms with Gasteiger partial charge in [0.15, 0.2) is 0 Å². The van der Waals surface area contributed by atoms with E-state index in [1.807, 2.05) is 0 Å². The van der Waals surface area contributed by atoms with Gasteiger partial charge in [0.2, 0.25) is 5.91 Å². The van der Waals surface area contributed by atoms with Crippen LogP contribution in [-0.2, 0) is 9.59 Å². The molecule has 0 saturated heterocycles. The van der Waals surface area contributed by atoms with Crippen LogP contribution in [0.15, 0.2) is 0 Å². The summed E-state index contributed by atoms with van der Waals surface area (Å²) in [4.78, 5) is 43.1. The molecule has 0 rings (SSSR count). The highest BCUT2D eigenvalue weighted by molar-refractivity contribution is 5.93. The summed E-state index contributed by atoms with van der Waals surface area (Å²) in [6.07, 6.45) is -0.849. The topological polar surface area (TPSA) is 157 Å². The molecule has 3 atom stereocenters. The second-order valence-electron chi connectivity index (χ2n) is 5.06. The van der Waals surface area contributed by atoms with E-state index in [4.69, 9.17) is 10.2 Å². The number of hydrogen-bond donors (Lipinski definition) is 6. The number of hydrogen-bond acceptors (Lipinski definition) is 6. The van der Waals surface area contributed by atoms with Gasteiger partial charge < -0.3 is 25.6 Å². The standard InChI is InChI=1S/C13H24N4O6/c1-8(7-18)14-6-4-3-5-10(16-12(20)21)15-9(2)11(19)17-13(22)23/h7-10,14-16H,3-6H2,1-2H3,(H,17,19)(H,20,21)(H,22,23)/t8?,9-,10?/m0/s1. The van der Waals surface area contributed by atoms with Crippen molar-refractivity contribution in [1.29, 1.82) is 0 Å². The van der Waals surface area contributed by atoms with E-state index in [0.29, 0.717) is 25.8 Å². The number of rotatable bonds is 11. The zero-order valence-corrected chi connectivity index (χ0v) is 13.2. The molecule has 0 heterocycles. The molecule has 0 fully saturated rings. The van der Waals surface area contributed by atoms with Gasteiger partial charge in [0.05, 0.1) is 18.2 Å². The van der Waals surface area contributed by atoms with Crippen LogP contribution in [-0.4, -0.2) is 59.4 Å². The average Bonchev–Trinajstić information content (AvgIpc) is 2.44. The van der Waals surface area contributed by atoms with Crippen LogP contribution < -0.4 is 21.3 Å². The molecule has 10 heteroatoms. The van der Waals surface area contributed by atoms with Gasteiger partial charge >= 0.3 is 12.2 Å². The Labute approximate surface area is 134 Å². The first-order valence-corrected chi connectivity index (χ1v) is 7.24. The summed E-state index contributed by atoms with van der Waals surface area (Å²) in [5, 5.41) is 26.9. The summed E-state index contributed by atoms with van der Waals surface area (Å²) < 4.78 is 0. The van der Waals surface area contributed by atoms with Crippen LogP contribution in [0.1, 0.15) is 33.1 Å². The van der Waals surface area contributed by atoms with Crippen LogP contribution in [0.2, 0.25) is 0 Å². The molecule has 0 bridgehead atoms. The molecule has 0 saturated carbocycles. The van der Waals surface area contributed by atoms with Gasteiger partial charge in [-0.15, -0.1) is 0 Å². The predicted molar refractivity (Wildman–Crippen MR) is 81.1 cm³/mol. The maximum atomic E-state index is 11.5. The molecule has 0 spiro atoms. The van der Waals surface area contributed by atoms with Crippen LogP contribution in [0.5, 0.6) is 0 Å². The molecule has 6 N–H and O–H groups in total. The monoisotopic (exact) mass is 332 g/mol. The number of carbonyl (C=O) groups is 4. The largest absolute Gasteiger partial charge is 0.465 e. The fourth-order valence-corrected chi connectivity index (χ4v) is 1.79. The lowest BCUT2D eigenvalue weighted by molar-refractivity contribution is -0.122. The Bertz CT molecular complexity index is 417. The third kappa shape index (κ3) is 11.1. The maximum Gasteiger partial charge on any atom is 0.411 e. The van der Waals surface area contributed by atoms with Gasteiger partial charge in [-0.1, -0.05) is 0 Å². The second kappa shape index (κ2) is 11.4. The lowest BCUT2D eigenvalue weighted by Crippen LogP contribution is -2.53. The zero-order valence-electron chi connectivity index (χ0n) is 13.2. The molecule has 10 nitrogen and oxygen atoms in total. The molecule has 0 aliphatic rings. The van der Waals surface area contributed by atoms with Gasteiger partial charge in [-0.25, -0.2) is 9.59 Å². The van der Waals surface area contributed by atoms with E-state index in [9.17, 15) is 19.2 Å². The summed E-state index contributed by atoms with van der Waals surface area (Å²) in [6, 6.07) is -1.11. The number of carboxylic acid groups (broad SMARTS) is 2. The van der Waals surface area contributed by atoms with Crippen LogP contribution in [0.4, 0.5) is 9.59 Å². The van der Waals surface area contributed by atoms with Crippen molar-refractivity contribution in [2.45, 2.75) is 51.4 Å². The number of unbranched alkanes of at least 4 members (excludes halogenated alkanes) is 1. The normalized spacial score (nSPS) is 14.3. The number of carbonyl (C=O) groups excluding carboxylic acids is 2. The quantitative estimate of drug-likeness (QED) is 0.171. The van der Waals surface area contributed by atoms with E-state index in [-0.39, 0.29) is 6.04 Å². The average molecular weight is 332 g/mol. The van der Waals surface area contributed by atoms with Gasteiger partial charge in [-0.05, 0) is 39.7 Å². The number of nitrogens with one attached hydrogen (secondary N) is 4. The first-order chi connectivity index (χ1) is 10.8. The lowest BCUT2D eigenvalue weighted by Gasteiger charge is -2.22. The summed E-state index contributed by atoms with van der Waals surface area (Å²) >= 11 is 0. The fraction of sp³-hybridized carbons (Fsp3) is 0.692. The van der Waals surface area contributed by atoms with Crippen molar-refractivity contribution < 1.29 is 29.4 Å². The fourth-order valence-electron chi connectivity index (χ4n) is 1.79. The van der Waals surface area contributed by atoms with E-state index in [0.717, 1.165) is 6.29 Å². The smallest absolute Gasteiger partial charge is 0.411 e. The van der Waals surface area contributed by atoms with E-state index in [1.165, 1.54) is 6.92 Å². The Morgan fingerprint density at radius 2 is 1.74 bits per heavy atom. The third-order valence-corrected chi connectivity index (χ3v) is 2.96. The predicted octanol–water partition coefficient (Wildman–Crippen LogP) is -0.300. The third-order valence-electron chi connectivity index (χ3n) is 2.96. The minimum Gasteiger partial charge on any atom is -0.465 e. The van der Waals surface area contributed by atoms with Crippen LogP contribution in [0, 0.1) is 0 Å². The van der Waals surface area contributed by atoms with Crippen LogP contribution in [0.25, 0.3) is 0 Å². The Morgan fingerprint density at radius 3 is 2.26 bits per heavy atom. The minimum atomic E-state index is -1.47. The van der Waals surface area contributed by atoms with Gasteiger partial charge in [0, 0.05) is 0 Å². The number of aldehydes is 1. The van der Waals surface area contributed by atoms with E-state index in [2.05, 4.69) is 16.0 Å². The Balaban J connectivity index is 4.25. The van der Waals surface area contributed by atoms with Crippen molar-refractivity contribution >= 4 is 24.4 Å². The van der Waals surface area contributed by atoms with Crippen molar-refractivity contribution in [3.8, 4) is 0 Å². The van der Waals surface area contributed by atoms with E-state index in [1.54, 1.807) is 12.2 Å². The highest BCUT2D eigenvalue weighted by Gasteiger charge is 2.20. The van der Waals surface area contributed by atoms with Gasteiger partial charge in [-0.3, -0.25) is 15.4 Å². The molecule has 2 unspecified atom stereocenters. The minimum absolute atomic E-state index is 0.235. The van der Waals surface area contributed by atoms with Crippen molar-refractivity contribution in [3.63, 3.8) is 0 Å². The summed E-state index contributed by atoms with van der Waals surface area (Å²) in [5.74, 6) is -0.767. The van der Waals surface area contributed by atoms with Gasteiger partial charge in [0.25, 0.3) is 0 Å². The zero-order chi connectivity index (χ0) is 17.8. The highest BCUT2D eigenvalue weighted by atomic mass is 16.4. The van der Waals surface area contributed by atoms with Crippen LogP contribution in [0.3, 0.4) is 0 Å². The maximum absolute atomic E-state index is 11.5. The van der Waals surface area contributed by atoms with Crippen molar-refractivity contribution in [3.05, 3.63) is 0 Å². The van der Waals surface area contributed by atoms with Crippen LogP contribution >= 0.6 is 0 Å². The molecule has 0 aromatic rings. The molecular weight excluding hydrogens is 308 g/mol. The molecule has 23 heavy (non-hydrogen) atoms. The molecule has 0 aliphatic heterocycles. The lowest BCUT2D eigenvalue weighted by atomic mass is 10.1. The first-order valence-electron chi connectivity index (χ1n) is 7.24. The molecule has 0 radical (unpaired) electrons.